The molecule has 25 heavy (non-hydrogen) atoms. The molecule has 1 amide bonds. The average Bonchev–Trinajstić information content (AvgIpc) is 3.24. The van der Waals surface area contributed by atoms with Crippen LogP contribution in [-0.4, -0.2) is 33.0 Å². The molecule has 1 N–H and O–H groups in total. The number of aryl methyl sites for hydroxylation is 1. The lowest BCUT2D eigenvalue weighted by atomic mass is 10.2. The zero-order valence-corrected chi connectivity index (χ0v) is 14.6. The molecular weight excluding hydrogens is 336 g/mol. The van der Waals surface area contributed by atoms with E-state index in [-0.39, 0.29) is 11.7 Å². The molecule has 128 valence electrons. The van der Waals surface area contributed by atoms with Crippen molar-refractivity contribution in [3.05, 3.63) is 61.1 Å². The highest BCUT2D eigenvalue weighted by Crippen LogP contribution is 2.30. The van der Waals surface area contributed by atoms with Crippen molar-refractivity contribution in [2.75, 3.05) is 12.3 Å². The second kappa shape index (κ2) is 7.85. The van der Waals surface area contributed by atoms with Crippen molar-refractivity contribution < 1.29 is 9.21 Å². The molecule has 1 aromatic carbocycles. The lowest BCUT2D eigenvalue weighted by Gasteiger charge is -2.09. The third-order valence-corrected chi connectivity index (χ3v) is 4.45. The minimum Gasteiger partial charge on any atom is -0.469 e. The second-order valence-electron chi connectivity index (χ2n) is 5.25. The Kier molecular flexibility index (Phi) is 5.35. The summed E-state index contributed by atoms with van der Waals surface area (Å²) in [6, 6.07) is 11.7. The van der Waals surface area contributed by atoms with Crippen LogP contribution in [0.2, 0.25) is 0 Å². The number of aromatic nitrogens is 3. The number of rotatable bonds is 7. The first-order valence-electron chi connectivity index (χ1n) is 7.76. The van der Waals surface area contributed by atoms with Gasteiger partial charge in [-0.05, 0) is 25.1 Å². The first-order valence-corrected chi connectivity index (χ1v) is 8.75. The summed E-state index contributed by atoms with van der Waals surface area (Å²) in [5.74, 6) is 1.63. The maximum Gasteiger partial charge on any atom is 0.230 e. The Bertz CT molecular complexity index is 870. The van der Waals surface area contributed by atoms with Gasteiger partial charge in [0.2, 0.25) is 5.91 Å². The van der Waals surface area contributed by atoms with Crippen molar-refractivity contribution in [3.63, 3.8) is 0 Å². The van der Waals surface area contributed by atoms with Gasteiger partial charge < -0.3 is 9.73 Å². The summed E-state index contributed by atoms with van der Waals surface area (Å²) >= 11 is 1.34. The first-order chi connectivity index (χ1) is 12.2. The molecule has 0 saturated carbocycles. The third kappa shape index (κ3) is 3.83. The molecule has 0 bridgehead atoms. The fourth-order valence-corrected chi connectivity index (χ4v) is 3.11. The molecule has 2 aromatic heterocycles. The predicted octanol–water partition coefficient (Wildman–Crippen LogP) is 3.23. The lowest BCUT2D eigenvalue weighted by molar-refractivity contribution is -0.118. The summed E-state index contributed by atoms with van der Waals surface area (Å²) in [5.41, 5.74) is 1.80. The number of benzene rings is 1. The van der Waals surface area contributed by atoms with Gasteiger partial charge >= 0.3 is 0 Å². The highest BCUT2D eigenvalue weighted by atomic mass is 32.2. The number of carbonyl (C=O) groups is 1. The van der Waals surface area contributed by atoms with Crippen LogP contribution in [0.5, 0.6) is 0 Å². The van der Waals surface area contributed by atoms with Crippen LogP contribution in [0.25, 0.3) is 17.1 Å². The van der Waals surface area contributed by atoms with Gasteiger partial charge in [0.15, 0.2) is 11.0 Å². The molecule has 0 fully saturated rings. The zero-order chi connectivity index (χ0) is 17.6. The van der Waals surface area contributed by atoms with Crippen molar-refractivity contribution in [1.29, 1.82) is 0 Å². The molecule has 0 radical (unpaired) electrons. The molecule has 7 heteroatoms. The van der Waals surface area contributed by atoms with Gasteiger partial charge in [-0.1, -0.05) is 36.0 Å². The Morgan fingerprint density at radius 2 is 2.12 bits per heavy atom. The van der Waals surface area contributed by atoms with Gasteiger partial charge in [0.1, 0.15) is 5.76 Å². The van der Waals surface area contributed by atoms with Crippen LogP contribution in [0.15, 0.2) is 64.9 Å². The minimum absolute atomic E-state index is 0.0754. The predicted molar refractivity (Wildman–Crippen MR) is 97.7 cm³/mol. The van der Waals surface area contributed by atoms with Crippen LogP contribution in [0.1, 0.15) is 5.76 Å². The monoisotopic (exact) mass is 354 g/mol. The average molecular weight is 354 g/mol. The van der Waals surface area contributed by atoms with E-state index in [4.69, 9.17) is 4.42 Å². The fraction of sp³-hybridized carbons (Fsp3) is 0.167. The molecule has 3 rings (SSSR count). The summed E-state index contributed by atoms with van der Waals surface area (Å²) in [5, 5.41) is 12.0. The van der Waals surface area contributed by atoms with Gasteiger partial charge in [0.25, 0.3) is 0 Å². The molecule has 0 aliphatic heterocycles. The first kappa shape index (κ1) is 17.0. The summed E-state index contributed by atoms with van der Waals surface area (Å²) in [6.07, 6.45) is 3.28. The van der Waals surface area contributed by atoms with Gasteiger partial charge in [0, 0.05) is 12.2 Å². The minimum atomic E-state index is -0.0754. The number of para-hydroxylation sites is 1. The van der Waals surface area contributed by atoms with E-state index in [2.05, 4.69) is 22.1 Å². The fourth-order valence-electron chi connectivity index (χ4n) is 2.33. The number of hydrogen-bond acceptors (Lipinski definition) is 5. The second-order valence-corrected chi connectivity index (χ2v) is 6.19. The molecule has 2 heterocycles. The van der Waals surface area contributed by atoms with E-state index in [1.165, 1.54) is 11.8 Å². The summed E-state index contributed by atoms with van der Waals surface area (Å²) in [7, 11) is 0. The molecule has 0 aliphatic rings. The van der Waals surface area contributed by atoms with E-state index in [1.54, 1.807) is 12.3 Å². The van der Waals surface area contributed by atoms with Crippen LogP contribution >= 0.6 is 11.8 Å². The molecule has 3 aromatic rings. The van der Waals surface area contributed by atoms with Gasteiger partial charge in [-0.15, -0.1) is 16.8 Å². The van der Waals surface area contributed by atoms with E-state index in [1.807, 2.05) is 47.9 Å². The summed E-state index contributed by atoms with van der Waals surface area (Å²) in [4.78, 5) is 11.9. The van der Waals surface area contributed by atoms with Crippen LogP contribution in [0.3, 0.4) is 0 Å². The summed E-state index contributed by atoms with van der Waals surface area (Å²) in [6.45, 7) is 5.92. The number of nitrogens with one attached hydrogen (secondary N) is 1. The highest BCUT2D eigenvalue weighted by molar-refractivity contribution is 7.99. The molecular formula is C18H18N4O2S. The molecule has 0 atom stereocenters. The van der Waals surface area contributed by atoms with Crippen molar-refractivity contribution in [3.8, 4) is 17.1 Å². The third-order valence-electron chi connectivity index (χ3n) is 3.52. The van der Waals surface area contributed by atoms with Gasteiger partial charge in [-0.2, -0.15) is 0 Å². The molecule has 6 nitrogen and oxygen atoms in total. The van der Waals surface area contributed by atoms with Crippen LogP contribution in [0.4, 0.5) is 0 Å². The highest BCUT2D eigenvalue weighted by Gasteiger charge is 2.19. The largest absolute Gasteiger partial charge is 0.469 e. The number of furan rings is 1. The van der Waals surface area contributed by atoms with E-state index >= 15 is 0 Å². The van der Waals surface area contributed by atoms with Gasteiger partial charge in [-0.3, -0.25) is 9.36 Å². The van der Waals surface area contributed by atoms with E-state index in [0.717, 1.165) is 17.0 Å². The van der Waals surface area contributed by atoms with Gasteiger partial charge in [-0.25, -0.2) is 0 Å². The Morgan fingerprint density at radius 1 is 1.32 bits per heavy atom. The van der Waals surface area contributed by atoms with Crippen LogP contribution in [0, 0.1) is 6.92 Å². The molecule has 0 saturated heterocycles. The SMILES string of the molecule is C=CCNC(=O)CSc1nnc(-c2ccoc2C)n1-c1ccccc1. The van der Waals surface area contributed by atoms with Crippen molar-refractivity contribution in [2.45, 2.75) is 12.1 Å². The van der Waals surface area contributed by atoms with Crippen LogP contribution < -0.4 is 5.32 Å². The Balaban J connectivity index is 1.93. The smallest absolute Gasteiger partial charge is 0.230 e. The maximum atomic E-state index is 11.9. The van der Waals surface area contributed by atoms with Crippen LogP contribution in [-0.2, 0) is 4.79 Å². The number of amides is 1. The van der Waals surface area contributed by atoms with Gasteiger partial charge in [0.05, 0.1) is 17.6 Å². The number of thioether (sulfide) groups is 1. The number of carbonyl (C=O) groups excluding carboxylic acids is 1. The van der Waals surface area contributed by atoms with E-state index < -0.39 is 0 Å². The Hall–Kier alpha value is -2.80. The Labute approximate surface area is 150 Å². The van der Waals surface area contributed by atoms with Crippen molar-refractivity contribution in [2.24, 2.45) is 0 Å². The maximum absolute atomic E-state index is 11.9. The summed E-state index contributed by atoms with van der Waals surface area (Å²) < 4.78 is 7.33. The van der Waals surface area contributed by atoms with E-state index in [0.29, 0.717) is 17.5 Å². The molecule has 0 unspecified atom stereocenters. The lowest BCUT2D eigenvalue weighted by Crippen LogP contribution is -2.25. The van der Waals surface area contributed by atoms with Crippen molar-refractivity contribution >= 4 is 17.7 Å². The molecule has 0 aliphatic carbocycles. The van der Waals surface area contributed by atoms with Crippen molar-refractivity contribution in [1.82, 2.24) is 20.1 Å². The quantitative estimate of drug-likeness (QED) is 0.521. The number of hydrogen-bond donors (Lipinski definition) is 1. The number of nitrogens with zero attached hydrogens (tertiary/aromatic N) is 3. The zero-order valence-electron chi connectivity index (χ0n) is 13.8. The standard InChI is InChI=1S/C18H18N4O2S/c1-3-10-19-16(23)12-25-18-21-20-17(15-9-11-24-13(15)2)22(18)14-7-5-4-6-8-14/h3-9,11H,1,10,12H2,2H3,(H,19,23). The topological polar surface area (TPSA) is 73.0 Å². The normalized spacial score (nSPS) is 10.6. The van der Waals surface area contributed by atoms with E-state index in [9.17, 15) is 4.79 Å². The Morgan fingerprint density at radius 3 is 2.80 bits per heavy atom. The molecule has 0 spiro atoms.